The van der Waals surface area contributed by atoms with Crippen LogP contribution in [0.15, 0.2) is 46.6 Å². The minimum atomic E-state index is -0.868. The van der Waals surface area contributed by atoms with Crippen molar-refractivity contribution in [3.05, 3.63) is 74.8 Å². The quantitative estimate of drug-likeness (QED) is 0.914. The van der Waals surface area contributed by atoms with Crippen molar-refractivity contribution in [2.75, 3.05) is 0 Å². The third-order valence-corrected chi connectivity index (χ3v) is 4.75. The molecule has 0 amide bonds. The van der Waals surface area contributed by atoms with E-state index in [1.54, 1.807) is 28.8 Å². The first-order valence-corrected chi connectivity index (χ1v) is 8.11. The molecule has 4 rings (SSSR count). The van der Waals surface area contributed by atoms with E-state index >= 15 is 0 Å². The Balaban J connectivity index is 2.04. The number of aryl methyl sites for hydroxylation is 1. The first-order valence-electron chi connectivity index (χ1n) is 8.11. The summed E-state index contributed by atoms with van der Waals surface area (Å²) in [6, 6.07) is 10.0. The highest BCUT2D eigenvalue weighted by atomic mass is 19.1. The second-order valence-corrected chi connectivity index (χ2v) is 6.42. The van der Waals surface area contributed by atoms with E-state index in [9.17, 15) is 14.4 Å². The Morgan fingerprint density at radius 3 is 2.72 bits per heavy atom. The van der Waals surface area contributed by atoms with E-state index < -0.39 is 11.7 Å². The lowest BCUT2D eigenvalue weighted by molar-refractivity contribution is 0.387. The van der Waals surface area contributed by atoms with E-state index in [1.807, 2.05) is 13.0 Å². The minimum absolute atomic E-state index is 0.0564. The Kier molecular flexibility index (Phi) is 3.39. The van der Waals surface area contributed by atoms with Crippen molar-refractivity contribution in [2.24, 2.45) is 5.73 Å². The number of nitriles is 1. The molecule has 25 heavy (non-hydrogen) atoms. The van der Waals surface area contributed by atoms with Crippen molar-refractivity contribution in [3.8, 4) is 11.8 Å². The zero-order chi connectivity index (χ0) is 17.7. The van der Waals surface area contributed by atoms with Crippen molar-refractivity contribution < 1.29 is 9.13 Å². The molecule has 0 saturated heterocycles. The normalized spacial score (nSPS) is 19.2. The summed E-state index contributed by atoms with van der Waals surface area (Å²) < 4.78 is 21.7. The number of nitrogens with two attached hydrogens (primary N) is 1. The summed E-state index contributed by atoms with van der Waals surface area (Å²) in [5.74, 6) is -1.15. The number of hydrogen-bond acceptors (Lipinski definition) is 4. The van der Waals surface area contributed by atoms with Crippen molar-refractivity contribution in [1.29, 1.82) is 5.26 Å². The lowest BCUT2D eigenvalue weighted by Crippen LogP contribution is -2.32. The first kappa shape index (κ1) is 15.5. The molecule has 2 heterocycles. The Labute approximate surface area is 143 Å². The first-order chi connectivity index (χ1) is 12.0. The number of benzene rings is 1. The van der Waals surface area contributed by atoms with Gasteiger partial charge in [-0.15, -0.1) is 0 Å². The van der Waals surface area contributed by atoms with E-state index in [-0.39, 0.29) is 34.2 Å². The van der Waals surface area contributed by atoms with Crippen LogP contribution in [0.5, 0.6) is 5.75 Å². The van der Waals surface area contributed by atoms with Gasteiger partial charge in [-0.05, 0) is 25.8 Å². The molecule has 1 aromatic heterocycles. The molecule has 0 bridgehead atoms. The Bertz CT molecular complexity index is 1010. The molecule has 1 fully saturated rings. The fourth-order valence-electron chi connectivity index (χ4n) is 3.47. The molecular weight excluding hydrogens is 321 g/mol. The molecule has 2 aliphatic rings. The van der Waals surface area contributed by atoms with E-state index in [0.717, 1.165) is 18.5 Å². The molecule has 2 aromatic rings. The highest BCUT2D eigenvalue weighted by Crippen LogP contribution is 2.43. The number of allylic oxidation sites excluding steroid dienone is 1. The zero-order valence-corrected chi connectivity index (χ0v) is 13.6. The third kappa shape index (κ3) is 2.31. The van der Waals surface area contributed by atoms with E-state index in [0.29, 0.717) is 5.75 Å². The zero-order valence-electron chi connectivity index (χ0n) is 13.6. The van der Waals surface area contributed by atoms with E-state index in [1.165, 1.54) is 6.07 Å². The van der Waals surface area contributed by atoms with E-state index in [4.69, 9.17) is 10.5 Å². The molecule has 1 aliphatic heterocycles. The van der Waals surface area contributed by atoms with Crippen LogP contribution in [0, 0.1) is 24.1 Å². The van der Waals surface area contributed by atoms with Gasteiger partial charge in [0, 0.05) is 23.4 Å². The van der Waals surface area contributed by atoms with Gasteiger partial charge in [-0.2, -0.15) is 5.26 Å². The van der Waals surface area contributed by atoms with Crippen LogP contribution in [0.2, 0.25) is 0 Å². The van der Waals surface area contributed by atoms with Crippen LogP contribution < -0.4 is 16.0 Å². The highest BCUT2D eigenvalue weighted by Gasteiger charge is 2.37. The van der Waals surface area contributed by atoms with Gasteiger partial charge in [0.2, 0.25) is 5.88 Å². The second kappa shape index (κ2) is 5.49. The van der Waals surface area contributed by atoms with Crippen LogP contribution in [-0.4, -0.2) is 4.57 Å². The van der Waals surface area contributed by atoms with Crippen molar-refractivity contribution >= 4 is 0 Å². The Morgan fingerprint density at radius 1 is 1.36 bits per heavy atom. The molecule has 5 nitrogen and oxygen atoms in total. The maximum absolute atomic E-state index is 14.5. The fraction of sp³-hybridized carbons (Fsp3) is 0.263. The van der Waals surface area contributed by atoms with Crippen molar-refractivity contribution in [2.45, 2.75) is 31.7 Å². The Hall–Kier alpha value is -3.07. The molecule has 1 aromatic carbocycles. The molecule has 0 radical (unpaired) electrons. The van der Waals surface area contributed by atoms with Gasteiger partial charge >= 0.3 is 0 Å². The topological polar surface area (TPSA) is 81.0 Å². The predicted octanol–water partition coefficient (Wildman–Crippen LogP) is 2.85. The summed E-state index contributed by atoms with van der Waals surface area (Å²) in [6.07, 6.45) is 1.88. The number of nitrogens with zero attached hydrogens (tertiary/aromatic N) is 2. The lowest BCUT2D eigenvalue weighted by Gasteiger charge is -2.27. The molecule has 1 aliphatic carbocycles. The number of ether oxygens (including phenoxy) is 1. The second-order valence-electron chi connectivity index (χ2n) is 6.42. The van der Waals surface area contributed by atoms with Gasteiger partial charge in [-0.3, -0.25) is 4.79 Å². The number of halogens is 1. The average Bonchev–Trinajstić information content (AvgIpc) is 3.39. The molecule has 1 saturated carbocycles. The molecule has 6 heteroatoms. The monoisotopic (exact) mass is 337 g/mol. The molecule has 1 atom stereocenters. The van der Waals surface area contributed by atoms with Crippen molar-refractivity contribution in [1.82, 2.24) is 4.57 Å². The van der Waals surface area contributed by atoms with Gasteiger partial charge in [0.15, 0.2) is 0 Å². The predicted molar refractivity (Wildman–Crippen MR) is 89.4 cm³/mol. The average molecular weight is 337 g/mol. The van der Waals surface area contributed by atoms with Crippen LogP contribution in [0.4, 0.5) is 4.39 Å². The smallest absolute Gasteiger partial charge is 0.258 e. The van der Waals surface area contributed by atoms with Gasteiger partial charge in [0.05, 0.1) is 11.5 Å². The summed E-state index contributed by atoms with van der Waals surface area (Å²) >= 11 is 0. The third-order valence-electron chi connectivity index (χ3n) is 4.75. The SMILES string of the molecule is Cc1cc2c(c(=O)n1C1CC1)C(c1ccccc1F)C(C#N)=C(N)O2. The number of hydrogen-bond donors (Lipinski definition) is 1. The largest absolute Gasteiger partial charge is 0.440 e. The van der Waals surface area contributed by atoms with Gasteiger partial charge in [-0.1, -0.05) is 18.2 Å². The van der Waals surface area contributed by atoms with Crippen LogP contribution in [0.25, 0.3) is 0 Å². The van der Waals surface area contributed by atoms with Crippen molar-refractivity contribution in [3.63, 3.8) is 0 Å². The fourth-order valence-corrected chi connectivity index (χ4v) is 3.47. The Morgan fingerprint density at radius 2 is 2.08 bits per heavy atom. The standard InChI is InChI=1S/C19H16FN3O2/c1-10-8-15-17(19(24)23(10)11-6-7-11)16(13(9-21)18(22)25-15)12-4-2-3-5-14(12)20/h2-5,8,11,16H,6-7,22H2,1H3. The maximum atomic E-state index is 14.5. The van der Waals surface area contributed by atoms with Crippen LogP contribution in [0.3, 0.4) is 0 Å². The van der Waals surface area contributed by atoms with Gasteiger partial charge < -0.3 is 15.0 Å². The number of aromatic nitrogens is 1. The summed E-state index contributed by atoms with van der Waals surface area (Å²) in [4.78, 5) is 13.2. The molecular formula is C19H16FN3O2. The summed E-state index contributed by atoms with van der Waals surface area (Å²) in [5.41, 5.74) is 7.00. The molecule has 126 valence electrons. The van der Waals surface area contributed by atoms with Crippen LogP contribution in [-0.2, 0) is 0 Å². The lowest BCUT2D eigenvalue weighted by atomic mass is 9.83. The number of pyridine rings is 1. The summed E-state index contributed by atoms with van der Waals surface area (Å²) in [7, 11) is 0. The molecule has 1 unspecified atom stereocenters. The molecule has 0 spiro atoms. The summed E-state index contributed by atoms with van der Waals surface area (Å²) in [5, 5.41) is 9.55. The highest BCUT2D eigenvalue weighted by molar-refractivity contribution is 5.55. The number of rotatable bonds is 2. The minimum Gasteiger partial charge on any atom is -0.440 e. The van der Waals surface area contributed by atoms with Gasteiger partial charge in [0.25, 0.3) is 5.56 Å². The van der Waals surface area contributed by atoms with E-state index in [2.05, 4.69) is 0 Å². The van der Waals surface area contributed by atoms with Gasteiger partial charge in [0.1, 0.15) is 23.2 Å². The summed E-state index contributed by atoms with van der Waals surface area (Å²) in [6.45, 7) is 1.83. The maximum Gasteiger partial charge on any atom is 0.258 e. The van der Waals surface area contributed by atoms with Crippen LogP contribution >= 0.6 is 0 Å². The molecule has 2 N–H and O–H groups in total. The number of fused-ring (bicyclic) bond motifs is 1. The van der Waals surface area contributed by atoms with Crippen LogP contribution in [0.1, 0.15) is 41.6 Å². The van der Waals surface area contributed by atoms with Gasteiger partial charge in [-0.25, -0.2) is 4.39 Å².